The first-order valence-corrected chi connectivity index (χ1v) is 7.11. The Morgan fingerprint density at radius 3 is 2.84 bits per heavy atom. The van der Waals surface area contributed by atoms with Gasteiger partial charge in [0, 0.05) is 14.0 Å². The third-order valence-corrected chi connectivity index (χ3v) is 3.28. The van der Waals surface area contributed by atoms with Crippen LogP contribution in [0.1, 0.15) is 39.5 Å². The van der Waals surface area contributed by atoms with E-state index >= 15 is 0 Å². The van der Waals surface area contributed by atoms with Gasteiger partial charge in [-0.25, -0.2) is 4.99 Å². The Bertz CT molecular complexity index is 391. The van der Waals surface area contributed by atoms with Crippen LogP contribution in [0, 0.1) is 0 Å². The fourth-order valence-electron chi connectivity index (χ4n) is 1.87. The van der Waals surface area contributed by atoms with E-state index in [4.69, 9.17) is 17.0 Å². The van der Waals surface area contributed by atoms with Crippen molar-refractivity contribution in [1.29, 1.82) is 0 Å². The molecule has 0 fully saturated rings. The molecule has 0 spiro atoms. The molecule has 1 aliphatic heterocycles. The maximum Gasteiger partial charge on any atom is 0.303 e. The molecule has 1 heterocycles. The van der Waals surface area contributed by atoms with Crippen molar-refractivity contribution in [2.24, 2.45) is 4.99 Å². The minimum Gasteiger partial charge on any atom is -0.458 e. The van der Waals surface area contributed by atoms with Crippen molar-refractivity contribution in [3.8, 4) is 0 Å². The molecule has 0 amide bonds. The summed E-state index contributed by atoms with van der Waals surface area (Å²) >= 11 is 5.07. The van der Waals surface area contributed by atoms with E-state index in [2.05, 4.69) is 11.9 Å². The zero-order valence-electron chi connectivity index (χ0n) is 11.9. The first-order valence-electron chi connectivity index (χ1n) is 6.71. The third-order valence-electron chi connectivity index (χ3n) is 2.88. The second-order valence-electron chi connectivity index (χ2n) is 4.74. The number of hydrogen-bond donors (Lipinski definition) is 0. The van der Waals surface area contributed by atoms with Crippen LogP contribution in [0.2, 0.25) is 0 Å². The van der Waals surface area contributed by atoms with Crippen LogP contribution in [0.15, 0.2) is 17.1 Å². The fraction of sp³-hybridized carbons (Fsp3) is 0.643. The summed E-state index contributed by atoms with van der Waals surface area (Å²) in [6.07, 6.45) is 7.89. The van der Waals surface area contributed by atoms with Gasteiger partial charge in [-0.1, -0.05) is 19.8 Å². The molecule has 0 radical (unpaired) electrons. The standard InChI is InChI=1S/C14H22N2O2S/c1-4-5-6-7-13(18-11(2)17)9-8-12-10-16(3)14(19)15-12/h8-9,13H,4-7,10H2,1-3H3. The van der Waals surface area contributed by atoms with E-state index < -0.39 is 0 Å². The normalized spacial score (nSPS) is 16.9. The first kappa shape index (κ1) is 15.8. The Labute approximate surface area is 120 Å². The van der Waals surface area contributed by atoms with E-state index in [1.165, 1.54) is 6.92 Å². The lowest BCUT2D eigenvalue weighted by Crippen LogP contribution is -2.20. The Balaban J connectivity index is 2.53. The largest absolute Gasteiger partial charge is 0.458 e. The summed E-state index contributed by atoms with van der Waals surface area (Å²) in [4.78, 5) is 17.2. The second-order valence-corrected chi connectivity index (χ2v) is 5.11. The van der Waals surface area contributed by atoms with Crippen LogP contribution in [0.25, 0.3) is 0 Å². The van der Waals surface area contributed by atoms with Gasteiger partial charge in [-0.15, -0.1) is 0 Å². The lowest BCUT2D eigenvalue weighted by atomic mass is 10.1. The summed E-state index contributed by atoms with van der Waals surface area (Å²) in [5, 5.41) is 0.606. The van der Waals surface area contributed by atoms with Crippen LogP contribution in [0.3, 0.4) is 0 Å². The van der Waals surface area contributed by atoms with Gasteiger partial charge in [0.25, 0.3) is 0 Å². The first-order chi connectivity index (χ1) is 9.02. The molecule has 1 aliphatic rings. The molecule has 0 aromatic carbocycles. The minimum absolute atomic E-state index is 0.161. The number of rotatable bonds is 7. The number of unbranched alkanes of at least 4 members (excludes halogenated alkanes) is 2. The highest BCUT2D eigenvalue weighted by Crippen LogP contribution is 2.10. The van der Waals surface area contributed by atoms with Gasteiger partial charge in [-0.05, 0) is 37.2 Å². The van der Waals surface area contributed by atoms with E-state index in [-0.39, 0.29) is 12.1 Å². The number of thiocarbonyl (C=S) groups is 1. The van der Waals surface area contributed by atoms with Gasteiger partial charge in [-0.3, -0.25) is 4.79 Å². The van der Waals surface area contributed by atoms with Crippen LogP contribution in [0.4, 0.5) is 0 Å². The summed E-state index contributed by atoms with van der Waals surface area (Å²) in [6, 6.07) is 0. The molecular weight excluding hydrogens is 260 g/mol. The Kier molecular flexibility index (Phi) is 6.70. The minimum atomic E-state index is -0.243. The van der Waals surface area contributed by atoms with Crippen molar-refractivity contribution >= 4 is 29.0 Å². The number of esters is 1. The molecule has 0 aromatic heterocycles. The summed E-state index contributed by atoms with van der Waals surface area (Å²) in [6.45, 7) is 4.31. The highest BCUT2D eigenvalue weighted by Gasteiger charge is 2.15. The molecule has 1 rings (SSSR count). The molecule has 0 bridgehead atoms. The lowest BCUT2D eigenvalue weighted by molar-refractivity contribution is -0.144. The molecule has 1 unspecified atom stereocenters. The molecule has 0 aromatic rings. The van der Waals surface area contributed by atoms with E-state index in [9.17, 15) is 4.79 Å². The van der Waals surface area contributed by atoms with E-state index in [1.54, 1.807) is 0 Å². The smallest absolute Gasteiger partial charge is 0.303 e. The molecule has 19 heavy (non-hydrogen) atoms. The number of ether oxygens (including phenoxy) is 1. The molecule has 0 saturated heterocycles. The number of hydrogen-bond acceptors (Lipinski definition) is 3. The topological polar surface area (TPSA) is 41.9 Å². The van der Waals surface area contributed by atoms with Crippen molar-refractivity contribution in [2.45, 2.75) is 45.6 Å². The van der Waals surface area contributed by atoms with Crippen molar-refractivity contribution in [1.82, 2.24) is 4.90 Å². The van der Waals surface area contributed by atoms with Crippen LogP contribution in [-0.4, -0.2) is 41.4 Å². The number of carbonyl (C=O) groups excluding carboxylic acids is 1. The van der Waals surface area contributed by atoms with Crippen molar-refractivity contribution < 1.29 is 9.53 Å². The van der Waals surface area contributed by atoms with Gasteiger partial charge in [0.05, 0.1) is 12.3 Å². The third kappa shape index (κ3) is 5.96. The fourth-order valence-corrected chi connectivity index (χ4v) is 2.05. The second kappa shape index (κ2) is 8.04. The van der Waals surface area contributed by atoms with Gasteiger partial charge >= 0.3 is 5.97 Å². The Morgan fingerprint density at radius 2 is 2.32 bits per heavy atom. The zero-order chi connectivity index (χ0) is 14.3. The van der Waals surface area contributed by atoms with Gasteiger partial charge in [0.1, 0.15) is 6.10 Å². The predicted molar refractivity (Wildman–Crippen MR) is 81.5 cm³/mol. The molecule has 5 heteroatoms. The summed E-state index contributed by atoms with van der Waals surface area (Å²) in [5.74, 6) is -0.243. The highest BCUT2D eigenvalue weighted by molar-refractivity contribution is 7.80. The van der Waals surface area contributed by atoms with Gasteiger partial charge in [0.2, 0.25) is 0 Å². The quantitative estimate of drug-likeness (QED) is 0.409. The van der Waals surface area contributed by atoms with Crippen LogP contribution in [-0.2, 0) is 9.53 Å². The summed E-state index contributed by atoms with van der Waals surface area (Å²) in [5.41, 5.74) is 0.917. The van der Waals surface area contributed by atoms with Crippen LogP contribution < -0.4 is 0 Å². The Hall–Kier alpha value is -1.23. The number of carbonyl (C=O) groups is 1. The Morgan fingerprint density at radius 1 is 1.58 bits per heavy atom. The monoisotopic (exact) mass is 282 g/mol. The van der Waals surface area contributed by atoms with Gasteiger partial charge in [-0.2, -0.15) is 0 Å². The molecule has 0 saturated carbocycles. The highest BCUT2D eigenvalue weighted by atomic mass is 32.1. The average Bonchev–Trinajstić information content (AvgIpc) is 2.65. The molecule has 1 atom stereocenters. The van der Waals surface area contributed by atoms with Crippen molar-refractivity contribution in [3.05, 3.63) is 12.2 Å². The van der Waals surface area contributed by atoms with Gasteiger partial charge < -0.3 is 9.64 Å². The van der Waals surface area contributed by atoms with Gasteiger partial charge in [0.15, 0.2) is 5.11 Å². The van der Waals surface area contributed by atoms with Crippen LogP contribution in [0.5, 0.6) is 0 Å². The summed E-state index contributed by atoms with van der Waals surface area (Å²) < 4.78 is 5.28. The maximum atomic E-state index is 11.1. The lowest BCUT2D eigenvalue weighted by Gasteiger charge is -2.12. The predicted octanol–water partition coefficient (Wildman–Crippen LogP) is 2.73. The van der Waals surface area contributed by atoms with Crippen molar-refractivity contribution in [2.75, 3.05) is 13.6 Å². The molecule has 0 aliphatic carbocycles. The SMILES string of the molecule is CCCCCC(C=CC1=NC(=S)N(C)C1)OC(C)=O. The zero-order valence-corrected chi connectivity index (χ0v) is 12.7. The van der Waals surface area contributed by atoms with Crippen LogP contribution >= 0.6 is 12.2 Å². The number of aliphatic imine (C=N–C) groups is 1. The van der Waals surface area contributed by atoms with E-state index in [0.29, 0.717) is 5.11 Å². The van der Waals surface area contributed by atoms with Crippen molar-refractivity contribution in [3.63, 3.8) is 0 Å². The summed E-state index contributed by atoms with van der Waals surface area (Å²) in [7, 11) is 1.91. The van der Waals surface area contributed by atoms with E-state index in [1.807, 2.05) is 24.1 Å². The maximum absolute atomic E-state index is 11.1. The number of nitrogens with zero attached hydrogens (tertiary/aromatic N) is 2. The molecule has 106 valence electrons. The van der Waals surface area contributed by atoms with E-state index in [0.717, 1.165) is 37.9 Å². The molecule has 0 N–H and O–H groups in total. The molecular formula is C14H22N2O2S. The molecule has 4 nitrogen and oxygen atoms in total. The average molecular weight is 282 g/mol.